The highest BCUT2D eigenvalue weighted by molar-refractivity contribution is 5.41. The largest absolute Gasteiger partial charge is 0.382 e. The molecule has 0 radical (unpaired) electrons. The fourth-order valence-corrected chi connectivity index (χ4v) is 1.66. The summed E-state index contributed by atoms with van der Waals surface area (Å²) in [6.07, 6.45) is 2.14. The van der Waals surface area contributed by atoms with Gasteiger partial charge in [-0.3, -0.25) is 4.98 Å². The molecule has 0 spiro atoms. The molecule has 2 N–H and O–H groups in total. The second-order valence-electron chi connectivity index (χ2n) is 3.83. The molecule has 0 amide bonds. The summed E-state index contributed by atoms with van der Waals surface area (Å²) in [5.74, 6) is 1.34. The Morgan fingerprint density at radius 3 is 2.93 bits per heavy atom. The molecule has 2 heterocycles. The molecule has 76 valence electrons. The third kappa shape index (κ3) is 1.95. The smallest absolute Gasteiger partial charge is 0.149 e. The lowest BCUT2D eigenvalue weighted by molar-refractivity contribution is 0.436. The minimum atomic E-state index is -0.112. The summed E-state index contributed by atoms with van der Waals surface area (Å²) in [5.41, 5.74) is 5.55. The van der Waals surface area contributed by atoms with E-state index in [1.165, 1.54) is 0 Å². The Morgan fingerprint density at radius 1 is 1.50 bits per heavy atom. The van der Waals surface area contributed by atoms with Crippen molar-refractivity contribution < 1.29 is 2.74 Å². The van der Waals surface area contributed by atoms with Crippen molar-refractivity contribution in [2.24, 2.45) is 5.92 Å². The minimum absolute atomic E-state index is 0.0498. The van der Waals surface area contributed by atoms with Crippen molar-refractivity contribution in [3.8, 4) is 0 Å². The molecule has 1 fully saturated rings. The molecule has 4 heteroatoms. The van der Waals surface area contributed by atoms with Crippen molar-refractivity contribution in [1.29, 1.82) is 0 Å². The molecule has 0 aliphatic carbocycles. The number of hydrogen-bond donors (Lipinski definition) is 1. The van der Waals surface area contributed by atoms with Crippen LogP contribution in [-0.4, -0.2) is 23.1 Å². The number of anilines is 2. The number of nitrogen functional groups attached to an aromatic ring is 1. The highest BCUT2D eigenvalue weighted by Gasteiger charge is 2.16. The molecule has 0 aromatic carbocycles. The normalized spacial score (nSPS) is 20.5. The van der Waals surface area contributed by atoms with Crippen LogP contribution in [0, 0.1) is 5.92 Å². The topological polar surface area (TPSA) is 55.0 Å². The van der Waals surface area contributed by atoms with E-state index in [0.717, 1.165) is 31.8 Å². The number of nitrogens with two attached hydrogens (primary N) is 1. The van der Waals surface area contributed by atoms with Crippen molar-refractivity contribution in [3.05, 3.63) is 12.3 Å². The van der Waals surface area contributed by atoms with E-state index in [-0.39, 0.29) is 18.2 Å². The molecule has 0 unspecified atom stereocenters. The van der Waals surface area contributed by atoms with Gasteiger partial charge in [0.25, 0.3) is 0 Å². The zero-order valence-corrected chi connectivity index (χ0v) is 8.32. The zero-order valence-electron chi connectivity index (χ0n) is 10.3. The average molecular weight is 194 g/mol. The number of nitrogens with zero attached hydrogens (tertiary/aromatic N) is 3. The Labute approximate surface area is 87.0 Å². The van der Waals surface area contributed by atoms with Crippen LogP contribution in [0.4, 0.5) is 11.6 Å². The molecule has 1 aliphatic heterocycles. The number of rotatable bonds is 1. The number of aromatic nitrogens is 2. The quantitative estimate of drug-likeness (QED) is 0.732. The maximum Gasteiger partial charge on any atom is 0.149 e. The predicted molar refractivity (Wildman–Crippen MR) is 57.1 cm³/mol. The minimum Gasteiger partial charge on any atom is -0.382 e. The number of piperidine rings is 1. The molecule has 1 saturated heterocycles. The van der Waals surface area contributed by atoms with Gasteiger partial charge in [-0.25, -0.2) is 4.98 Å². The van der Waals surface area contributed by atoms with E-state index in [4.69, 9.17) is 8.48 Å². The first-order chi connectivity index (χ1) is 7.58. The van der Waals surface area contributed by atoms with Gasteiger partial charge in [-0.1, -0.05) is 6.92 Å². The van der Waals surface area contributed by atoms with Crippen molar-refractivity contribution in [2.75, 3.05) is 23.7 Å². The van der Waals surface area contributed by atoms with Gasteiger partial charge in [0.15, 0.2) is 0 Å². The molecule has 0 saturated carbocycles. The van der Waals surface area contributed by atoms with E-state index >= 15 is 0 Å². The lowest BCUT2D eigenvalue weighted by Gasteiger charge is -2.30. The Balaban J connectivity index is 2.23. The van der Waals surface area contributed by atoms with E-state index in [2.05, 4.69) is 16.9 Å². The van der Waals surface area contributed by atoms with Crippen LogP contribution in [0.1, 0.15) is 22.5 Å². The first-order valence-corrected chi connectivity index (χ1v) is 4.93. The summed E-state index contributed by atoms with van der Waals surface area (Å²) >= 11 is 0. The Morgan fingerprint density at radius 2 is 2.21 bits per heavy atom. The molecular weight excluding hydrogens is 176 g/mol. The van der Waals surface area contributed by atoms with Crippen LogP contribution in [-0.2, 0) is 0 Å². The van der Waals surface area contributed by atoms with E-state index in [0.29, 0.717) is 5.82 Å². The van der Waals surface area contributed by atoms with E-state index < -0.39 is 0 Å². The standard InChI is InChI=1S/C10H16N4/c1-8-2-4-14(5-3-8)10-7-12-6-9(11)13-10/h6-8H,2-5H2,1H3,(H2,11,13)/i6D,7D. The van der Waals surface area contributed by atoms with E-state index in [1.54, 1.807) is 0 Å². The van der Waals surface area contributed by atoms with Crippen molar-refractivity contribution in [2.45, 2.75) is 19.8 Å². The van der Waals surface area contributed by atoms with Gasteiger partial charge in [0, 0.05) is 13.1 Å². The summed E-state index contributed by atoms with van der Waals surface area (Å²) in [5, 5.41) is 0. The van der Waals surface area contributed by atoms with Gasteiger partial charge in [0.05, 0.1) is 15.1 Å². The van der Waals surface area contributed by atoms with Crippen LogP contribution >= 0.6 is 0 Å². The van der Waals surface area contributed by atoms with Crippen LogP contribution in [0.3, 0.4) is 0 Å². The third-order valence-electron chi connectivity index (χ3n) is 2.64. The summed E-state index contributed by atoms with van der Waals surface area (Å²) in [7, 11) is 0. The van der Waals surface area contributed by atoms with Gasteiger partial charge in [-0.2, -0.15) is 0 Å². The second-order valence-corrected chi connectivity index (χ2v) is 3.83. The predicted octanol–water partition coefficient (Wildman–Crippen LogP) is 1.30. The molecule has 1 aliphatic rings. The zero-order chi connectivity index (χ0) is 11.7. The SMILES string of the molecule is [2H]c1nc([2H])c(N2CCC(C)CC2)nc1N. The first-order valence-electron chi connectivity index (χ1n) is 5.93. The third-order valence-corrected chi connectivity index (χ3v) is 2.64. The molecular formula is C10H16N4. The van der Waals surface area contributed by atoms with Gasteiger partial charge in [0.1, 0.15) is 11.6 Å². The number of hydrogen-bond acceptors (Lipinski definition) is 4. The Kier molecular flexibility index (Phi) is 1.92. The molecule has 2 rings (SSSR count). The Hall–Kier alpha value is -1.32. The van der Waals surface area contributed by atoms with Crippen LogP contribution in [0.2, 0.25) is 0 Å². The fourth-order valence-electron chi connectivity index (χ4n) is 1.66. The molecule has 4 nitrogen and oxygen atoms in total. The molecule has 1 aromatic heterocycles. The maximum atomic E-state index is 7.70. The lowest BCUT2D eigenvalue weighted by atomic mass is 9.99. The van der Waals surface area contributed by atoms with Crippen LogP contribution in [0.15, 0.2) is 12.3 Å². The lowest BCUT2D eigenvalue weighted by Crippen LogP contribution is -2.33. The van der Waals surface area contributed by atoms with E-state index in [9.17, 15) is 0 Å². The van der Waals surface area contributed by atoms with Crippen molar-refractivity contribution >= 4 is 11.6 Å². The van der Waals surface area contributed by atoms with Gasteiger partial charge < -0.3 is 10.6 Å². The van der Waals surface area contributed by atoms with Crippen molar-refractivity contribution in [3.63, 3.8) is 0 Å². The highest BCUT2D eigenvalue weighted by atomic mass is 15.2. The van der Waals surface area contributed by atoms with Crippen molar-refractivity contribution in [1.82, 2.24) is 9.97 Å². The van der Waals surface area contributed by atoms with Gasteiger partial charge in [0.2, 0.25) is 0 Å². The summed E-state index contributed by atoms with van der Waals surface area (Å²) < 4.78 is 15.1. The molecule has 1 aromatic rings. The van der Waals surface area contributed by atoms with Crippen LogP contribution in [0.5, 0.6) is 0 Å². The monoisotopic (exact) mass is 194 g/mol. The molecule has 14 heavy (non-hydrogen) atoms. The van der Waals surface area contributed by atoms with E-state index in [1.807, 2.05) is 4.90 Å². The van der Waals surface area contributed by atoms with Crippen LogP contribution < -0.4 is 10.6 Å². The van der Waals surface area contributed by atoms with Gasteiger partial charge in [-0.05, 0) is 18.8 Å². The average Bonchev–Trinajstić information content (AvgIpc) is 2.25. The summed E-state index contributed by atoms with van der Waals surface area (Å²) in [6, 6.07) is 0. The Bertz CT molecular complexity index is 389. The summed E-state index contributed by atoms with van der Waals surface area (Å²) in [4.78, 5) is 9.89. The first kappa shape index (κ1) is 7.04. The van der Waals surface area contributed by atoms with Gasteiger partial charge in [-0.15, -0.1) is 0 Å². The maximum absolute atomic E-state index is 7.70. The molecule has 0 atom stereocenters. The summed E-state index contributed by atoms with van der Waals surface area (Å²) in [6.45, 7) is 4.00. The fraction of sp³-hybridized carbons (Fsp3) is 0.600. The molecule has 0 bridgehead atoms. The van der Waals surface area contributed by atoms with Gasteiger partial charge >= 0.3 is 0 Å². The van der Waals surface area contributed by atoms with Crippen LogP contribution in [0.25, 0.3) is 0 Å². The highest BCUT2D eigenvalue weighted by Crippen LogP contribution is 2.20. The second kappa shape index (κ2) is 3.82.